The Bertz CT molecular complexity index is 577. The first-order valence-electron chi connectivity index (χ1n) is 6.35. The number of rotatable bonds is 3. The van der Waals surface area contributed by atoms with Crippen LogP contribution in [0.4, 0.5) is 5.69 Å². The molecule has 0 radical (unpaired) electrons. The highest BCUT2D eigenvalue weighted by Crippen LogP contribution is 2.15. The second-order valence-electron chi connectivity index (χ2n) is 3.71. The second kappa shape index (κ2) is 7.74. The van der Waals surface area contributed by atoms with Gasteiger partial charge in [0, 0.05) is 11.3 Å². The van der Waals surface area contributed by atoms with E-state index in [-0.39, 0.29) is 11.7 Å². The van der Waals surface area contributed by atoms with Gasteiger partial charge in [0.25, 0.3) is 5.91 Å². The van der Waals surface area contributed by atoms with Crippen LogP contribution in [0, 0.1) is 0 Å². The summed E-state index contributed by atoms with van der Waals surface area (Å²) in [5, 5.41) is 11.8. The van der Waals surface area contributed by atoms with Crippen molar-refractivity contribution in [1.82, 2.24) is 0 Å². The third-order valence-corrected chi connectivity index (χ3v) is 2.46. The summed E-state index contributed by atoms with van der Waals surface area (Å²) in [4.78, 5) is 22.8. The summed E-state index contributed by atoms with van der Waals surface area (Å²) in [7, 11) is 0. The largest absolute Gasteiger partial charge is 0.508 e. The van der Waals surface area contributed by atoms with E-state index in [0.29, 0.717) is 23.1 Å². The molecule has 2 rings (SSSR count). The fraction of sp³-hybridized carbons (Fsp3) is 0.125. The van der Waals surface area contributed by atoms with Gasteiger partial charge >= 0.3 is 0 Å². The maximum absolute atomic E-state index is 11.9. The molecule has 0 aliphatic carbocycles. The predicted octanol–water partition coefficient (Wildman–Crippen LogP) is 3.48. The van der Waals surface area contributed by atoms with Gasteiger partial charge < -0.3 is 10.4 Å². The van der Waals surface area contributed by atoms with Gasteiger partial charge in [-0.05, 0) is 30.3 Å². The number of aldehydes is 1. The van der Waals surface area contributed by atoms with Crippen molar-refractivity contribution in [3.05, 3.63) is 59.7 Å². The van der Waals surface area contributed by atoms with Gasteiger partial charge in [-0.15, -0.1) is 0 Å². The Morgan fingerprint density at radius 1 is 1.05 bits per heavy atom. The Labute approximate surface area is 118 Å². The molecule has 0 aliphatic rings. The third kappa shape index (κ3) is 3.95. The van der Waals surface area contributed by atoms with Crippen molar-refractivity contribution in [3.63, 3.8) is 0 Å². The lowest BCUT2D eigenvalue weighted by Gasteiger charge is -2.06. The van der Waals surface area contributed by atoms with Crippen LogP contribution >= 0.6 is 0 Å². The molecule has 4 heteroatoms. The van der Waals surface area contributed by atoms with Crippen LogP contribution in [0.5, 0.6) is 5.75 Å². The lowest BCUT2D eigenvalue weighted by atomic mass is 10.1. The molecule has 0 bridgehead atoms. The maximum Gasteiger partial charge on any atom is 0.256 e. The number of anilines is 1. The Kier molecular flexibility index (Phi) is 5.97. The van der Waals surface area contributed by atoms with E-state index < -0.39 is 0 Å². The van der Waals surface area contributed by atoms with E-state index in [9.17, 15) is 9.59 Å². The monoisotopic (exact) mass is 271 g/mol. The molecule has 0 saturated carbocycles. The molecule has 2 aromatic rings. The topological polar surface area (TPSA) is 66.4 Å². The van der Waals surface area contributed by atoms with Crippen molar-refractivity contribution in [2.75, 3.05) is 5.32 Å². The number of benzene rings is 2. The first kappa shape index (κ1) is 15.4. The van der Waals surface area contributed by atoms with E-state index in [4.69, 9.17) is 5.11 Å². The summed E-state index contributed by atoms with van der Waals surface area (Å²) < 4.78 is 0. The molecule has 0 heterocycles. The Balaban J connectivity index is 0.000000956. The lowest BCUT2D eigenvalue weighted by Crippen LogP contribution is -2.13. The van der Waals surface area contributed by atoms with Crippen LogP contribution < -0.4 is 5.32 Å². The predicted molar refractivity (Wildman–Crippen MR) is 79.2 cm³/mol. The van der Waals surface area contributed by atoms with Gasteiger partial charge in [-0.25, -0.2) is 0 Å². The van der Waals surface area contributed by atoms with Crippen LogP contribution in [0.3, 0.4) is 0 Å². The first-order chi connectivity index (χ1) is 9.70. The number of hydrogen-bond acceptors (Lipinski definition) is 3. The van der Waals surface area contributed by atoms with Crippen molar-refractivity contribution in [2.45, 2.75) is 13.8 Å². The standard InChI is InChI=1S/C14H11NO3.C2H6/c16-9-10-3-1-2-4-13(10)14(18)15-11-5-7-12(17)8-6-11;1-2/h1-9,17H,(H,15,18);1-2H3. The fourth-order valence-electron chi connectivity index (χ4n) is 1.55. The molecular weight excluding hydrogens is 254 g/mol. The van der Waals surface area contributed by atoms with Gasteiger partial charge in [-0.3, -0.25) is 9.59 Å². The molecule has 4 nitrogen and oxygen atoms in total. The van der Waals surface area contributed by atoms with Crippen molar-refractivity contribution in [1.29, 1.82) is 0 Å². The van der Waals surface area contributed by atoms with E-state index in [1.807, 2.05) is 13.8 Å². The number of nitrogens with one attached hydrogen (secondary N) is 1. The van der Waals surface area contributed by atoms with Gasteiger partial charge in [0.05, 0.1) is 5.56 Å². The Morgan fingerprint density at radius 3 is 2.25 bits per heavy atom. The lowest BCUT2D eigenvalue weighted by molar-refractivity contribution is 0.101. The molecule has 0 unspecified atom stereocenters. The zero-order valence-corrected chi connectivity index (χ0v) is 11.5. The van der Waals surface area contributed by atoms with E-state index in [1.54, 1.807) is 36.4 Å². The Morgan fingerprint density at radius 2 is 1.65 bits per heavy atom. The van der Waals surface area contributed by atoms with Gasteiger partial charge in [0.1, 0.15) is 5.75 Å². The normalized spacial score (nSPS) is 9.10. The SMILES string of the molecule is CC.O=Cc1ccccc1C(=O)Nc1ccc(O)cc1. The maximum atomic E-state index is 11.9. The zero-order chi connectivity index (χ0) is 15.0. The van der Waals surface area contributed by atoms with Crippen molar-refractivity contribution < 1.29 is 14.7 Å². The first-order valence-corrected chi connectivity index (χ1v) is 6.35. The van der Waals surface area contributed by atoms with E-state index in [2.05, 4.69) is 5.32 Å². The number of phenols is 1. The number of carbonyl (C=O) groups is 2. The van der Waals surface area contributed by atoms with Gasteiger partial charge in [0.15, 0.2) is 6.29 Å². The van der Waals surface area contributed by atoms with Crippen LogP contribution in [0.25, 0.3) is 0 Å². The average molecular weight is 271 g/mol. The summed E-state index contributed by atoms with van der Waals surface area (Å²) in [6.07, 6.45) is 0.645. The van der Waals surface area contributed by atoms with Gasteiger partial charge in [-0.1, -0.05) is 32.0 Å². The summed E-state index contributed by atoms with van der Waals surface area (Å²) in [5.74, 6) is -0.232. The zero-order valence-electron chi connectivity index (χ0n) is 11.5. The summed E-state index contributed by atoms with van der Waals surface area (Å²) in [6, 6.07) is 12.7. The minimum atomic E-state index is -0.358. The highest BCUT2D eigenvalue weighted by atomic mass is 16.3. The second-order valence-corrected chi connectivity index (χ2v) is 3.71. The number of aromatic hydroxyl groups is 1. The number of carbonyl (C=O) groups excluding carboxylic acids is 2. The van der Waals surface area contributed by atoms with Crippen LogP contribution in [0.2, 0.25) is 0 Å². The molecule has 1 amide bonds. The fourth-order valence-corrected chi connectivity index (χ4v) is 1.55. The third-order valence-electron chi connectivity index (χ3n) is 2.46. The molecule has 0 spiro atoms. The van der Waals surface area contributed by atoms with Crippen LogP contribution in [-0.4, -0.2) is 17.3 Å². The number of phenolic OH excluding ortho intramolecular Hbond substituents is 1. The highest BCUT2D eigenvalue weighted by molar-refractivity contribution is 6.08. The molecule has 0 atom stereocenters. The van der Waals surface area contributed by atoms with Crippen LogP contribution in [-0.2, 0) is 0 Å². The highest BCUT2D eigenvalue weighted by Gasteiger charge is 2.10. The van der Waals surface area contributed by atoms with Crippen LogP contribution in [0.1, 0.15) is 34.6 Å². The molecule has 0 saturated heterocycles. The number of hydrogen-bond donors (Lipinski definition) is 2. The van der Waals surface area contributed by atoms with Crippen molar-refractivity contribution in [2.24, 2.45) is 0 Å². The van der Waals surface area contributed by atoms with Crippen molar-refractivity contribution >= 4 is 17.9 Å². The minimum Gasteiger partial charge on any atom is -0.508 e. The van der Waals surface area contributed by atoms with Crippen molar-refractivity contribution in [3.8, 4) is 5.75 Å². The molecule has 0 fully saturated rings. The smallest absolute Gasteiger partial charge is 0.256 e. The molecule has 104 valence electrons. The number of amides is 1. The molecule has 0 aromatic heterocycles. The molecule has 2 aromatic carbocycles. The Hall–Kier alpha value is -2.62. The van der Waals surface area contributed by atoms with Crippen LogP contribution in [0.15, 0.2) is 48.5 Å². The van der Waals surface area contributed by atoms with E-state index >= 15 is 0 Å². The molecule has 0 aliphatic heterocycles. The van der Waals surface area contributed by atoms with E-state index in [0.717, 1.165) is 0 Å². The quantitative estimate of drug-likeness (QED) is 0.663. The summed E-state index contributed by atoms with van der Waals surface area (Å²) in [6.45, 7) is 4.00. The average Bonchev–Trinajstić information content (AvgIpc) is 2.51. The minimum absolute atomic E-state index is 0.126. The summed E-state index contributed by atoms with van der Waals surface area (Å²) in [5.41, 5.74) is 1.22. The van der Waals surface area contributed by atoms with E-state index in [1.165, 1.54) is 12.1 Å². The molecule has 2 N–H and O–H groups in total. The summed E-state index contributed by atoms with van der Waals surface area (Å²) >= 11 is 0. The molecule has 20 heavy (non-hydrogen) atoms. The van der Waals surface area contributed by atoms with Gasteiger partial charge in [-0.2, -0.15) is 0 Å². The van der Waals surface area contributed by atoms with Gasteiger partial charge in [0.2, 0.25) is 0 Å². The molecular formula is C16H17NO3.